The standard InChI is InChI=1S/C15H23N3O/c1-13-5-2-3-9-18(13)10-4-8-17-12-15-7-6-14(11-16)19-15/h6-7,13,17H,2-5,8-10,12H2,1H3. The van der Waals surface area contributed by atoms with Crippen molar-refractivity contribution in [3.05, 3.63) is 23.7 Å². The molecule has 0 saturated carbocycles. The Labute approximate surface area is 115 Å². The van der Waals surface area contributed by atoms with Crippen LogP contribution < -0.4 is 5.32 Å². The van der Waals surface area contributed by atoms with Crippen LogP contribution in [0.3, 0.4) is 0 Å². The Kier molecular flexibility index (Phi) is 5.44. The van der Waals surface area contributed by atoms with Gasteiger partial charge in [0.1, 0.15) is 11.8 Å². The fraction of sp³-hybridized carbons (Fsp3) is 0.667. The normalized spacial score (nSPS) is 20.3. The lowest BCUT2D eigenvalue weighted by molar-refractivity contribution is 0.159. The predicted molar refractivity (Wildman–Crippen MR) is 74.6 cm³/mol. The first kappa shape index (κ1) is 14.1. The van der Waals surface area contributed by atoms with Crippen molar-refractivity contribution in [1.82, 2.24) is 10.2 Å². The first-order chi connectivity index (χ1) is 9.29. The molecular formula is C15H23N3O. The number of likely N-dealkylation sites (tertiary alicyclic amines) is 1. The van der Waals surface area contributed by atoms with Crippen LogP contribution in [0.4, 0.5) is 0 Å². The van der Waals surface area contributed by atoms with Crippen molar-refractivity contribution in [2.75, 3.05) is 19.6 Å². The van der Waals surface area contributed by atoms with Crippen LogP contribution in [-0.4, -0.2) is 30.6 Å². The van der Waals surface area contributed by atoms with E-state index in [0.29, 0.717) is 12.3 Å². The molecule has 4 heteroatoms. The second-order valence-electron chi connectivity index (χ2n) is 5.29. The van der Waals surface area contributed by atoms with Crippen LogP contribution >= 0.6 is 0 Å². The molecule has 1 N–H and O–H groups in total. The molecule has 0 spiro atoms. The Morgan fingerprint density at radius 3 is 3.11 bits per heavy atom. The molecule has 104 valence electrons. The molecule has 0 bridgehead atoms. The number of nitriles is 1. The van der Waals surface area contributed by atoms with E-state index in [2.05, 4.69) is 17.1 Å². The number of furan rings is 1. The van der Waals surface area contributed by atoms with E-state index in [1.54, 1.807) is 6.07 Å². The Balaban J connectivity index is 1.58. The summed E-state index contributed by atoms with van der Waals surface area (Å²) in [6, 6.07) is 6.32. The van der Waals surface area contributed by atoms with E-state index in [1.165, 1.54) is 32.4 Å². The first-order valence-electron chi connectivity index (χ1n) is 7.23. The minimum absolute atomic E-state index is 0.388. The molecule has 1 aromatic rings. The molecular weight excluding hydrogens is 238 g/mol. The average molecular weight is 261 g/mol. The van der Waals surface area contributed by atoms with Gasteiger partial charge in [0.15, 0.2) is 0 Å². The number of hydrogen-bond donors (Lipinski definition) is 1. The Morgan fingerprint density at radius 2 is 2.37 bits per heavy atom. The van der Waals surface area contributed by atoms with Gasteiger partial charge in [-0.05, 0) is 58.0 Å². The summed E-state index contributed by atoms with van der Waals surface area (Å²) in [6.07, 6.45) is 5.24. The summed E-state index contributed by atoms with van der Waals surface area (Å²) in [5.74, 6) is 1.22. The van der Waals surface area contributed by atoms with Crippen LogP contribution in [0.1, 0.15) is 44.1 Å². The molecule has 4 nitrogen and oxygen atoms in total. The third-order valence-corrected chi connectivity index (χ3v) is 3.81. The van der Waals surface area contributed by atoms with Gasteiger partial charge in [-0.15, -0.1) is 0 Å². The summed E-state index contributed by atoms with van der Waals surface area (Å²) in [5, 5.41) is 12.0. The van der Waals surface area contributed by atoms with Crippen LogP contribution in [-0.2, 0) is 6.54 Å². The summed E-state index contributed by atoms with van der Waals surface area (Å²) in [7, 11) is 0. The van der Waals surface area contributed by atoms with Gasteiger partial charge in [0.05, 0.1) is 6.54 Å². The van der Waals surface area contributed by atoms with Crippen molar-refractivity contribution in [3.63, 3.8) is 0 Å². The minimum Gasteiger partial charge on any atom is -0.449 e. The highest BCUT2D eigenvalue weighted by molar-refractivity contribution is 5.18. The smallest absolute Gasteiger partial charge is 0.203 e. The van der Waals surface area contributed by atoms with Crippen LogP contribution in [0.2, 0.25) is 0 Å². The highest BCUT2D eigenvalue weighted by Gasteiger charge is 2.16. The number of rotatable bonds is 6. The second-order valence-corrected chi connectivity index (χ2v) is 5.29. The maximum Gasteiger partial charge on any atom is 0.203 e. The molecule has 1 unspecified atom stereocenters. The molecule has 1 aromatic heterocycles. The molecule has 2 rings (SSSR count). The van der Waals surface area contributed by atoms with Gasteiger partial charge in [-0.1, -0.05) is 6.42 Å². The summed E-state index contributed by atoms with van der Waals surface area (Å²) in [5.41, 5.74) is 0. The molecule has 1 aliphatic heterocycles. The van der Waals surface area contributed by atoms with Gasteiger partial charge < -0.3 is 14.6 Å². The Bertz CT molecular complexity index is 421. The Morgan fingerprint density at radius 1 is 1.47 bits per heavy atom. The van der Waals surface area contributed by atoms with Gasteiger partial charge in [-0.3, -0.25) is 0 Å². The van der Waals surface area contributed by atoms with E-state index < -0.39 is 0 Å². The van der Waals surface area contributed by atoms with Crippen LogP contribution in [0.5, 0.6) is 0 Å². The van der Waals surface area contributed by atoms with Gasteiger partial charge in [0, 0.05) is 6.04 Å². The lowest BCUT2D eigenvalue weighted by Crippen LogP contribution is -2.38. The molecule has 0 radical (unpaired) electrons. The number of piperidine rings is 1. The van der Waals surface area contributed by atoms with Crippen molar-refractivity contribution in [3.8, 4) is 6.07 Å². The third kappa shape index (κ3) is 4.38. The number of nitrogens with zero attached hydrogens (tertiary/aromatic N) is 2. The predicted octanol–water partition coefficient (Wildman–Crippen LogP) is 2.51. The molecule has 0 aliphatic carbocycles. The van der Waals surface area contributed by atoms with E-state index in [1.807, 2.05) is 12.1 Å². The fourth-order valence-electron chi connectivity index (χ4n) is 2.64. The van der Waals surface area contributed by atoms with Crippen molar-refractivity contribution in [1.29, 1.82) is 5.26 Å². The zero-order valence-corrected chi connectivity index (χ0v) is 11.7. The van der Waals surface area contributed by atoms with E-state index in [-0.39, 0.29) is 0 Å². The summed E-state index contributed by atoms with van der Waals surface area (Å²) < 4.78 is 5.31. The highest BCUT2D eigenvalue weighted by Crippen LogP contribution is 2.16. The van der Waals surface area contributed by atoms with Crippen LogP contribution in [0, 0.1) is 11.3 Å². The fourth-order valence-corrected chi connectivity index (χ4v) is 2.64. The Hall–Kier alpha value is -1.31. The summed E-state index contributed by atoms with van der Waals surface area (Å²) in [4.78, 5) is 2.59. The molecule has 0 amide bonds. The maximum absolute atomic E-state index is 8.66. The zero-order valence-electron chi connectivity index (χ0n) is 11.7. The minimum atomic E-state index is 0.388. The largest absolute Gasteiger partial charge is 0.449 e. The molecule has 1 aliphatic rings. The molecule has 1 atom stereocenters. The molecule has 2 heterocycles. The average Bonchev–Trinajstić information content (AvgIpc) is 2.88. The topological polar surface area (TPSA) is 52.2 Å². The van der Waals surface area contributed by atoms with Crippen molar-refractivity contribution in [2.24, 2.45) is 0 Å². The summed E-state index contributed by atoms with van der Waals surface area (Å²) in [6.45, 7) is 6.46. The quantitative estimate of drug-likeness (QED) is 0.799. The van der Waals surface area contributed by atoms with E-state index in [0.717, 1.165) is 24.8 Å². The number of hydrogen-bond acceptors (Lipinski definition) is 4. The van der Waals surface area contributed by atoms with Gasteiger partial charge in [-0.25, -0.2) is 0 Å². The lowest BCUT2D eigenvalue weighted by atomic mass is 10.0. The lowest BCUT2D eigenvalue weighted by Gasteiger charge is -2.33. The highest BCUT2D eigenvalue weighted by atomic mass is 16.3. The van der Waals surface area contributed by atoms with Gasteiger partial charge in [0.2, 0.25) is 5.76 Å². The molecule has 1 saturated heterocycles. The van der Waals surface area contributed by atoms with Crippen LogP contribution in [0.25, 0.3) is 0 Å². The molecule has 1 fully saturated rings. The van der Waals surface area contributed by atoms with E-state index >= 15 is 0 Å². The van der Waals surface area contributed by atoms with Crippen molar-refractivity contribution < 1.29 is 4.42 Å². The van der Waals surface area contributed by atoms with Crippen molar-refractivity contribution in [2.45, 2.75) is 45.2 Å². The second kappa shape index (κ2) is 7.32. The number of nitrogens with one attached hydrogen (secondary N) is 1. The first-order valence-corrected chi connectivity index (χ1v) is 7.23. The van der Waals surface area contributed by atoms with Gasteiger partial charge in [-0.2, -0.15) is 5.26 Å². The van der Waals surface area contributed by atoms with Crippen molar-refractivity contribution >= 4 is 0 Å². The molecule has 0 aromatic carbocycles. The van der Waals surface area contributed by atoms with Gasteiger partial charge >= 0.3 is 0 Å². The summed E-state index contributed by atoms with van der Waals surface area (Å²) >= 11 is 0. The van der Waals surface area contributed by atoms with Gasteiger partial charge in [0.25, 0.3) is 0 Å². The van der Waals surface area contributed by atoms with Crippen LogP contribution in [0.15, 0.2) is 16.5 Å². The third-order valence-electron chi connectivity index (χ3n) is 3.81. The van der Waals surface area contributed by atoms with E-state index in [4.69, 9.17) is 9.68 Å². The molecule has 19 heavy (non-hydrogen) atoms. The maximum atomic E-state index is 8.66. The van der Waals surface area contributed by atoms with E-state index in [9.17, 15) is 0 Å². The zero-order chi connectivity index (χ0) is 13.5. The monoisotopic (exact) mass is 261 g/mol. The SMILES string of the molecule is CC1CCCCN1CCCNCc1ccc(C#N)o1.